The van der Waals surface area contributed by atoms with Gasteiger partial charge in [-0.15, -0.1) is 0 Å². The number of rotatable bonds is 5. The van der Waals surface area contributed by atoms with Crippen LogP contribution in [-0.4, -0.2) is 50.1 Å². The number of carbonyl (C=O) groups is 1. The first-order valence-corrected chi connectivity index (χ1v) is 10.5. The standard InChI is InChI=1S/C23H19F3N6O/c24-14-5-3-13(4-6-14)16-11-29-31-22(16)23(33)32-7-1-2-15(32)10-28-21-12-27-19-8-17(25)18(26)9-20(19)30-21/h3-6,8-9,11-12,15H,1-2,7,10H2,(H,28,30)(H,29,31). The van der Waals surface area contributed by atoms with E-state index in [4.69, 9.17) is 0 Å². The van der Waals surface area contributed by atoms with Crippen molar-refractivity contribution in [1.82, 2.24) is 25.1 Å². The number of hydrogen-bond donors (Lipinski definition) is 2. The molecule has 1 saturated heterocycles. The van der Waals surface area contributed by atoms with Crippen LogP contribution in [0.25, 0.3) is 22.2 Å². The van der Waals surface area contributed by atoms with Crippen LogP contribution in [0.15, 0.2) is 48.8 Å². The number of aromatic amines is 1. The van der Waals surface area contributed by atoms with Crippen LogP contribution in [0.4, 0.5) is 19.0 Å². The molecular formula is C23H19F3N6O. The van der Waals surface area contributed by atoms with E-state index in [2.05, 4.69) is 25.5 Å². The van der Waals surface area contributed by atoms with E-state index in [-0.39, 0.29) is 28.8 Å². The number of amides is 1. The number of carbonyl (C=O) groups excluding carboxylic acids is 1. The molecule has 4 aromatic rings. The molecule has 1 fully saturated rings. The Bertz CT molecular complexity index is 1320. The molecule has 0 saturated carbocycles. The SMILES string of the molecule is O=C(c1[nH]ncc1-c1ccc(F)cc1)N1CCCC1CNc1cnc2cc(F)c(F)cc2n1. The van der Waals surface area contributed by atoms with E-state index < -0.39 is 11.6 Å². The average Bonchev–Trinajstić information content (AvgIpc) is 3.48. The van der Waals surface area contributed by atoms with Crippen molar-refractivity contribution in [1.29, 1.82) is 0 Å². The Morgan fingerprint density at radius 1 is 1.09 bits per heavy atom. The molecular weight excluding hydrogens is 433 g/mol. The second kappa shape index (κ2) is 8.53. The van der Waals surface area contributed by atoms with Crippen LogP contribution in [-0.2, 0) is 0 Å². The van der Waals surface area contributed by atoms with Crippen LogP contribution in [0.3, 0.4) is 0 Å². The lowest BCUT2D eigenvalue weighted by Gasteiger charge is -2.25. The summed E-state index contributed by atoms with van der Waals surface area (Å²) < 4.78 is 40.2. The van der Waals surface area contributed by atoms with Gasteiger partial charge in [-0.05, 0) is 30.5 Å². The van der Waals surface area contributed by atoms with E-state index in [1.807, 2.05) is 0 Å². The lowest BCUT2D eigenvalue weighted by Crippen LogP contribution is -2.40. The maximum Gasteiger partial charge on any atom is 0.272 e. The topological polar surface area (TPSA) is 86.8 Å². The van der Waals surface area contributed by atoms with Crippen LogP contribution in [0.2, 0.25) is 0 Å². The number of likely N-dealkylation sites (tertiary alicyclic amines) is 1. The van der Waals surface area contributed by atoms with E-state index in [0.717, 1.165) is 25.0 Å². The van der Waals surface area contributed by atoms with Gasteiger partial charge in [0.15, 0.2) is 11.6 Å². The minimum Gasteiger partial charge on any atom is -0.367 e. The van der Waals surface area contributed by atoms with Gasteiger partial charge >= 0.3 is 0 Å². The highest BCUT2D eigenvalue weighted by atomic mass is 19.2. The summed E-state index contributed by atoms with van der Waals surface area (Å²) in [5, 5.41) is 9.94. The summed E-state index contributed by atoms with van der Waals surface area (Å²) >= 11 is 0. The molecule has 1 atom stereocenters. The Labute approximate surface area is 186 Å². The molecule has 0 aliphatic carbocycles. The first-order valence-electron chi connectivity index (χ1n) is 10.5. The van der Waals surface area contributed by atoms with E-state index >= 15 is 0 Å². The molecule has 1 unspecified atom stereocenters. The van der Waals surface area contributed by atoms with Crippen LogP contribution in [0.5, 0.6) is 0 Å². The molecule has 0 spiro atoms. The zero-order chi connectivity index (χ0) is 22.9. The minimum atomic E-state index is -0.988. The molecule has 7 nitrogen and oxygen atoms in total. The molecule has 3 heterocycles. The van der Waals surface area contributed by atoms with Gasteiger partial charge < -0.3 is 10.2 Å². The van der Waals surface area contributed by atoms with Crippen molar-refractivity contribution in [3.8, 4) is 11.1 Å². The molecule has 1 aliphatic heterocycles. The quantitative estimate of drug-likeness (QED) is 0.475. The Hall–Kier alpha value is -3.95. The number of anilines is 1. The predicted molar refractivity (Wildman–Crippen MR) is 116 cm³/mol. The largest absolute Gasteiger partial charge is 0.367 e. The molecule has 2 aromatic heterocycles. The monoisotopic (exact) mass is 452 g/mol. The normalized spacial score (nSPS) is 15.8. The van der Waals surface area contributed by atoms with Crippen molar-refractivity contribution in [2.24, 2.45) is 0 Å². The van der Waals surface area contributed by atoms with Gasteiger partial charge in [0.25, 0.3) is 5.91 Å². The van der Waals surface area contributed by atoms with Crippen molar-refractivity contribution < 1.29 is 18.0 Å². The molecule has 0 radical (unpaired) electrons. The van der Waals surface area contributed by atoms with Crippen molar-refractivity contribution in [3.63, 3.8) is 0 Å². The van der Waals surface area contributed by atoms with Crippen molar-refractivity contribution >= 4 is 22.8 Å². The summed E-state index contributed by atoms with van der Waals surface area (Å²) in [6, 6.07) is 7.78. The first-order chi connectivity index (χ1) is 16.0. The Morgan fingerprint density at radius 2 is 1.85 bits per heavy atom. The van der Waals surface area contributed by atoms with Gasteiger partial charge in [-0.2, -0.15) is 5.10 Å². The maximum atomic E-state index is 13.5. The lowest BCUT2D eigenvalue weighted by atomic mass is 10.1. The third kappa shape index (κ3) is 4.11. The van der Waals surface area contributed by atoms with Crippen molar-refractivity contribution in [3.05, 3.63) is 71.9 Å². The van der Waals surface area contributed by atoms with Crippen molar-refractivity contribution in [2.75, 3.05) is 18.4 Å². The van der Waals surface area contributed by atoms with Gasteiger partial charge in [0, 0.05) is 36.8 Å². The molecule has 2 aromatic carbocycles. The zero-order valence-corrected chi connectivity index (χ0v) is 17.4. The number of halogens is 3. The van der Waals surface area contributed by atoms with Crippen molar-refractivity contribution in [2.45, 2.75) is 18.9 Å². The highest BCUT2D eigenvalue weighted by Gasteiger charge is 2.31. The highest BCUT2D eigenvalue weighted by molar-refractivity contribution is 5.99. The molecule has 10 heteroatoms. The summed E-state index contributed by atoms with van der Waals surface area (Å²) in [6.07, 6.45) is 4.63. The van der Waals surface area contributed by atoms with Gasteiger partial charge in [-0.1, -0.05) is 12.1 Å². The van der Waals surface area contributed by atoms with Gasteiger partial charge in [0.1, 0.15) is 17.3 Å². The van der Waals surface area contributed by atoms with E-state index in [1.165, 1.54) is 18.3 Å². The van der Waals surface area contributed by atoms with E-state index in [1.54, 1.807) is 23.2 Å². The summed E-state index contributed by atoms with van der Waals surface area (Å²) in [5.74, 6) is -2.11. The van der Waals surface area contributed by atoms with Gasteiger partial charge in [0.05, 0.1) is 23.4 Å². The number of fused-ring (bicyclic) bond motifs is 1. The van der Waals surface area contributed by atoms with Gasteiger partial charge in [0.2, 0.25) is 0 Å². The number of hydrogen-bond acceptors (Lipinski definition) is 5. The molecule has 2 N–H and O–H groups in total. The number of aromatic nitrogens is 4. The fraction of sp³-hybridized carbons (Fsp3) is 0.217. The molecule has 0 bridgehead atoms. The summed E-state index contributed by atoms with van der Waals surface area (Å²) in [6.45, 7) is 0.997. The number of H-pyrrole nitrogens is 1. The fourth-order valence-electron chi connectivity index (χ4n) is 4.07. The predicted octanol–water partition coefficient (Wildman–Crippen LogP) is 4.15. The van der Waals surface area contributed by atoms with Gasteiger partial charge in [-0.3, -0.25) is 14.9 Å². The second-order valence-electron chi connectivity index (χ2n) is 7.85. The third-order valence-corrected chi connectivity index (χ3v) is 5.75. The van der Waals surface area contributed by atoms with E-state index in [0.29, 0.717) is 35.7 Å². The number of nitrogens with zero attached hydrogens (tertiary/aromatic N) is 4. The molecule has 1 aliphatic rings. The number of nitrogens with one attached hydrogen (secondary N) is 2. The summed E-state index contributed by atoms with van der Waals surface area (Å²) in [5.41, 5.74) is 2.13. The molecule has 168 valence electrons. The lowest BCUT2D eigenvalue weighted by molar-refractivity contribution is 0.0738. The summed E-state index contributed by atoms with van der Waals surface area (Å²) in [7, 11) is 0. The van der Waals surface area contributed by atoms with Crippen LogP contribution < -0.4 is 5.32 Å². The average molecular weight is 452 g/mol. The Balaban J connectivity index is 1.31. The van der Waals surface area contributed by atoms with E-state index in [9.17, 15) is 18.0 Å². The van der Waals surface area contributed by atoms with Crippen LogP contribution >= 0.6 is 0 Å². The first kappa shape index (κ1) is 20.9. The fourth-order valence-corrected chi connectivity index (χ4v) is 4.07. The highest BCUT2D eigenvalue weighted by Crippen LogP contribution is 2.27. The number of benzene rings is 2. The van der Waals surface area contributed by atoms with Crippen LogP contribution in [0, 0.1) is 17.5 Å². The smallest absolute Gasteiger partial charge is 0.272 e. The Morgan fingerprint density at radius 3 is 2.64 bits per heavy atom. The molecule has 1 amide bonds. The summed E-state index contributed by atoms with van der Waals surface area (Å²) in [4.78, 5) is 23.5. The zero-order valence-electron chi connectivity index (χ0n) is 17.4. The molecule has 5 rings (SSSR count). The minimum absolute atomic E-state index is 0.107. The Kier molecular flexibility index (Phi) is 5.41. The third-order valence-electron chi connectivity index (χ3n) is 5.75. The van der Waals surface area contributed by atoms with Gasteiger partial charge in [-0.25, -0.2) is 18.2 Å². The maximum absolute atomic E-state index is 13.5. The molecule has 33 heavy (non-hydrogen) atoms. The second-order valence-corrected chi connectivity index (χ2v) is 7.85. The van der Waals surface area contributed by atoms with Crippen LogP contribution in [0.1, 0.15) is 23.3 Å².